The fourth-order valence-electron chi connectivity index (χ4n) is 2.94. The van der Waals surface area contributed by atoms with Gasteiger partial charge in [0.05, 0.1) is 5.69 Å². The molecule has 28 heavy (non-hydrogen) atoms. The number of rotatable bonds is 6. The molecule has 1 aromatic heterocycles. The minimum atomic E-state index is -0.978. The standard InChI is InChI=1S/C23H19NO4/c1-16-2-13-21(19-9-3-17(4-10-19)7-14-22(25)26)24(16)20-11-5-18(6-12-20)8-15-23(27)28/h2-15H,1H3,(H,25,26)(H,27,28)/b14-7+,15-8+. The molecule has 0 unspecified atom stereocenters. The zero-order valence-corrected chi connectivity index (χ0v) is 15.2. The zero-order chi connectivity index (χ0) is 20.1. The molecular formula is C23H19NO4. The molecule has 2 aromatic carbocycles. The van der Waals surface area contributed by atoms with Crippen molar-refractivity contribution < 1.29 is 19.8 Å². The van der Waals surface area contributed by atoms with Crippen molar-refractivity contribution in [1.82, 2.24) is 4.57 Å². The third kappa shape index (κ3) is 4.45. The van der Waals surface area contributed by atoms with Gasteiger partial charge in [-0.1, -0.05) is 36.4 Å². The summed E-state index contributed by atoms with van der Waals surface area (Å²) in [5.74, 6) is -1.95. The SMILES string of the molecule is Cc1ccc(-c2ccc(/C=C/C(=O)O)cc2)n1-c1ccc(/C=C/C(=O)O)cc1. The minimum absolute atomic E-state index is 0.812. The van der Waals surface area contributed by atoms with Crippen molar-refractivity contribution in [2.45, 2.75) is 6.92 Å². The first-order valence-corrected chi connectivity index (χ1v) is 8.65. The van der Waals surface area contributed by atoms with Crippen molar-refractivity contribution in [1.29, 1.82) is 0 Å². The molecule has 3 rings (SSSR count). The predicted octanol–water partition coefficient (Wildman–Crippen LogP) is 4.65. The number of aromatic nitrogens is 1. The molecule has 0 aliphatic rings. The summed E-state index contributed by atoms with van der Waals surface area (Å²) in [5.41, 5.74) is 5.69. The van der Waals surface area contributed by atoms with E-state index in [-0.39, 0.29) is 0 Å². The lowest BCUT2D eigenvalue weighted by Crippen LogP contribution is -1.99. The summed E-state index contributed by atoms with van der Waals surface area (Å²) in [4.78, 5) is 21.3. The molecule has 0 radical (unpaired) electrons. The maximum Gasteiger partial charge on any atom is 0.328 e. The predicted molar refractivity (Wildman–Crippen MR) is 109 cm³/mol. The molecular weight excluding hydrogens is 354 g/mol. The van der Waals surface area contributed by atoms with Crippen LogP contribution in [0.1, 0.15) is 16.8 Å². The molecule has 5 heteroatoms. The first-order chi connectivity index (χ1) is 13.4. The maximum absolute atomic E-state index is 10.6. The van der Waals surface area contributed by atoms with Crippen molar-refractivity contribution in [3.05, 3.63) is 89.6 Å². The number of nitrogens with zero attached hydrogens (tertiary/aromatic N) is 1. The van der Waals surface area contributed by atoms with Crippen LogP contribution < -0.4 is 0 Å². The lowest BCUT2D eigenvalue weighted by atomic mass is 10.1. The van der Waals surface area contributed by atoms with Gasteiger partial charge < -0.3 is 14.8 Å². The third-order valence-electron chi connectivity index (χ3n) is 4.27. The first-order valence-electron chi connectivity index (χ1n) is 8.65. The molecule has 0 fully saturated rings. The number of hydrogen-bond acceptors (Lipinski definition) is 2. The van der Waals surface area contributed by atoms with Gasteiger partial charge in [0, 0.05) is 23.5 Å². The highest BCUT2D eigenvalue weighted by molar-refractivity contribution is 5.86. The van der Waals surface area contributed by atoms with Crippen LogP contribution in [0.3, 0.4) is 0 Å². The number of aliphatic carboxylic acids is 2. The van der Waals surface area contributed by atoms with Gasteiger partial charge in [0.15, 0.2) is 0 Å². The monoisotopic (exact) mass is 373 g/mol. The van der Waals surface area contributed by atoms with E-state index < -0.39 is 11.9 Å². The van der Waals surface area contributed by atoms with Crippen LogP contribution >= 0.6 is 0 Å². The van der Waals surface area contributed by atoms with Crippen LogP contribution in [-0.2, 0) is 9.59 Å². The van der Waals surface area contributed by atoms with E-state index in [1.54, 1.807) is 12.2 Å². The number of carboxylic acids is 2. The van der Waals surface area contributed by atoms with Gasteiger partial charge >= 0.3 is 11.9 Å². The molecule has 5 nitrogen and oxygen atoms in total. The Hall–Kier alpha value is -3.86. The minimum Gasteiger partial charge on any atom is -0.478 e. The van der Waals surface area contributed by atoms with E-state index >= 15 is 0 Å². The van der Waals surface area contributed by atoms with Crippen LogP contribution in [0.25, 0.3) is 29.1 Å². The van der Waals surface area contributed by atoms with Crippen molar-refractivity contribution >= 4 is 24.1 Å². The number of hydrogen-bond donors (Lipinski definition) is 2. The van der Waals surface area contributed by atoms with E-state index in [9.17, 15) is 9.59 Å². The lowest BCUT2D eigenvalue weighted by molar-refractivity contribution is -0.132. The van der Waals surface area contributed by atoms with Crippen LogP contribution in [-0.4, -0.2) is 26.7 Å². The molecule has 2 N–H and O–H groups in total. The van der Waals surface area contributed by atoms with Crippen molar-refractivity contribution in [2.24, 2.45) is 0 Å². The van der Waals surface area contributed by atoms with E-state index in [1.807, 2.05) is 67.6 Å². The van der Waals surface area contributed by atoms with Gasteiger partial charge in [-0.05, 0) is 60.0 Å². The number of carboxylic acid groups (broad SMARTS) is 2. The number of aryl methyl sites for hydroxylation is 1. The summed E-state index contributed by atoms with van der Waals surface area (Å²) in [6, 6.07) is 19.4. The smallest absolute Gasteiger partial charge is 0.328 e. The Labute approximate surface area is 162 Å². The Balaban J connectivity index is 1.92. The number of benzene rings is 2. The van der Waals surface area contributed by atoms with E-state index in [4.69, 9.17) is 10.2 Å². The van der Waals surface area contributed by atoms with Crippen molar-refractivity contribution in [3.63, 3.8) is 0 Å². The van der Waals surface area contributed by atoms with Gasteiger partial charge in [-0.15, -0.1) is 0 Å². The van der Waals surface area contributed by atoms with E-state index in [2.05, 4.69) is 4.57 Å². The molecule has 0 aliphatic heterocycles. The quantitative estimate of drug-likeness (QED) is 0.617. The molecule has 140 valence electrons. The molecule has 0 bridgehead atoms. The van der Waals surface area contributed by atoms with Crippen LogP contribution in [0, 0.1) is 6.92 Å². The Morgan fingerprint density at radius 2 is 1.25 bits per heavy atom. The molecule has 3 aromatic rings. The first kappa shape index (κ1) is 18.9. The van der Waals surface area contributed by atoms with Gasteiger partial charge in [-0.3, -0.25) is 0 Å². The lowest BCUT2D eigenvalue weighted by Gasteiger charge is -2.13. The Bertz CT molecular complexity index is 1050. The summed E-state index contributed by atoms with van der Waals surface area (Å²) in [6.45, 7) is 2.02. The molecule has 0 saturated carbocycles. The molecule has 0 saturated heterocycles. The largest absolute Gasteiger partial charge is 0.478 e. The van der Waals surface area contributed by atoms with Gasteiger partial charge in [-0.25, -0.2) is 9.59 Å². The second kappa shape index (κ2) is 8.22. The average molecular weight is 373 g/mol. The normalized spacial score (nSPS) is 11.3. The summed E-state index contributed by atoms with van der Waals surface area (Å²) in [7, 11) is 0. The van der Waals surface area contributed by atoms with Crippen molar-refractivity contribution in [3.8, 4) is 16.9 Å². The van der Waals surface area contributed by atoms with Gasteiger partial charge in [-0.2, -0.15) is 0 Å². The highest BCUT2D eigenvalue weighted by Crippen LogP contribution is 2.27. The third-order valence-corrected chi connectivity index (χ3v) is 4.27. The van der Waals surface area contributed by atoms with Crippen molar-refractivity contribution in [2.75, 3.05) is 0 Å². The summed E-state index contributed by atoms with van der Waals surface area (Å²) in [6.07, 6.45) is 5.34. The second-order valence-electron chi connectivity index (χ2n) is 6.25. The highest BCUT2D eigenvalue weighted by atomic mass is 16.4. The van der Waals surface area contributed by atoms with Crippen LogP contribution in [0.5, 0.6) is 0 Å². The maximum atomic E-state index is 10.6. The Morgan fingerprint density at radius 1 is 0.750 bits per heavy atom. The van der Waals surface area contributed by atoms with Gasteiger partial charge in [0.1, 0.15) is 0 Å². The summed E-state index contributed by atoms with van der Waals surface area (Å²) in [5, 5.41) is 17.5. The second-order valence-corrected chi connectivity index (χ2v) is 6.25. The average Bonchev–Trinajstić information content (AvgIpc) is 3.07. The van der Waals surface area contributed by atoms with E-state index in [0.717, 1.165) is 45.9 Å². The molecule has 0 amide bonds. The Kier molecular flexibility index (Phi) is 5.56. The van der Waals surface area contributed by atoms with E-state index in [1.165, 1.54) is 0 Å². The summed E-state index contributed by atoms with van der Waals surface area (Å²) < 4.78 is 2.12. The van der Waals surface area contributed by atoms with E-state index in [0.29, 0.717) is 0 Å². The van der Waals surface area contributed by atoms with Gasteiger partial charge in [0.25, 0.3) is 0 Å². The number of carbonyl (C=O) groups is 2. The highest BCUT2D eigenvalue weighted by Gasteiger charge is 2.09. The Morgan fingerprint density at radius 3 is 1.75 bits per heavy atom. The molecule has 0 spiro atoms. The summed E-state index contributed by atoms with van der Waals surface area (Å²) >= 11 is 0. The van der Waals surface area contributed by atoms with Gasteiger partial charge in [0.2, 0.25) is 0 Å². The van der Waals surface area contributed by atoms with Crippen LogP contribution in [0.15, 0.2) is 72.8 Å². The molecule has 0 atom stereocenters. The topological polar surface area (TPSA) is 79.5 Å². The fourth-order valence-corrected chi connectivity index (χ4v) is 2.94. The molecule has 0 aliphatic carbocycles. The zero-order valence-electron chi connectivity index (χ0n) is 15.2. The van der Waals surface area contributed by atoms with Crippen LogP contribution in [0.2, 0.25) is 0 Å². The van der Waals surface area contributed by atoms with Crippen LogP contribution in [0.4, 0.5) is 0 Å². The molecule has 1 heterocycles. The fraction of sp³-hybridized carbons (Fsp3) is 0.0435.